The van der Waals surface area contributed by atoms with Crippen LogP contribution in [0.2, 0.25) is 0 Å². The Hall–Kier alpha value is -0.920. The third-order valence-corrected chi connectivity index (χ3v) is 2.12. The summed E-state index contributed by atoms with van der Waals surface area (Å²) in [5, 5.41) is 0. The van der Waals surface area contributed by atoms with Crippen molar-refractivity contribution in [3.05, 3.63) is 12.2 Å². The minimum Gasteiger partial charge on any atom is -0.432 e. The first-order chi connectivity index (χ1) is 6.02. The van der Waals surface area contributed by atoms with Crippen LogP contribution in [0, 0.1) is 0 Å². The average molecular weight is 295 g/mol. The number of esters is 1. The highest BCUT2D eigenvalue weighted by Crippen LogP contribution is 2.15. The van der Waals surface area contributed by atoms with Gasteiger partial charge < -0.3 is 4.74 Å². The molecule has 1 aliphatic heterocycles. The quantitative estimate of drug-likeness (QED) is 0.240. The van der Waals surface area contributed by atoms with E-state index >= 15 is 0 Å². The Labute approximate surface area is 87.9 Å². The maximum atomic E-state index is 11.0. The van der Waals surface area contributed by atoms with E-state index in [1.54, 1.807) is 22.6 Å². The molecule has 13 heavy (non-hydrogen) atoms. The molecule has 1 atom stereocenters. The number of carbonyl (C=O) groups is 3. The first-order valence-electron chi connectivity index (χ1n) is 3.39. The van der Waals surface area contributed by atoms with E-state index in [9.17, 15) is 14.4 Å². The van der Waals surface area contributed by atoms with Crippen LogP contribution in [0.25, 0.3) is 0 Å². The average Bonchev–Trinajstić information content (AvgIpc) is 2.29. The highest BCUT2D eigenvalue weighted by molar-refractivity contribution is 14.1. The van der Waals surface area contributed by atoms with Crippen molar-refractivity contribution in [1.82, 2.24) is 4.90 Å². The van der Waals surface area contributed by atoms with Crippen LogP contribution < -0.4 is 0 Å². The second-order valence-corrected chi connectivity index (χ2v) is 3.35. The summed E-state index contributed by atoms with van der Waals surface area (Å²) in [6.45, 7) is 1.21. The molecule has 70 valence electrons. The Morgan fingerprint density at radius 1 is 1.46 bits per heavy atom. The van der Waals surface area contributed by atoms with Crippen LogP contribution in [0.4, 0.5) is 0 Å². The van der Waals surface area contributed by atoms with Crippen molar-refractivity contribution in [2.45, 2.75) is 11.2 Å². The van der Waals surface area contributed by atoms with Crippen LogP contribution in [0.1, 0.15) is 6.92 Å². The fraction of sp³-hybridized carbons (Fsp3) is 0.286. The van der Waals surface area contributed by atoms with Gasteiger partial charge in [-0.25, -0.2) is 4.90 Å². The number of amides is 2. The Kier molecular flexibility index (Phi) is 3.02. The molecule has 1 rings (SSSR count). The SMILES string of the molecule is CC(=O)OC(I)N1C(=O)C=CC1=O. The molecule has 5 nitrogen and oxygen atoms in total. The molecule has 0 aliphatic carbocycles. The number of imide groups is 1. The standard InChI is InChI=1S/C7H6INO4/c1-4(10)13-7(8)9-5(11)2-3-6(9)12/h2-3,7H,1H3. The van der Waals surface area contributed by atoms with Gasteiger partial charge in [-0.2, -0.15) is 0 Å². The van der Waals surface area contributed by atoms with Gasteiger partial charge in [0.05, 0.1) is 0 Å². The topological polar surface area (TPSA) is 63.7 Å². The molecule has 0 radical (unpaired) electrons. The van der Waals surface area contributed by atoms with Crippen molar-refractivity contribution in [3.8, 4) is 0 Å². The number of hydrogen-bond donors (Lipinski definition) is 0. The molecular weight excluding hydrogens is 289 g/mol. The second kappa shape index (κ2) is 3.86. The maximum absolute atomic E-state index is 11.0. The van der Waals surface area contributed by atoms with Crippen molar-refractivity contribution in [2.75, 3.05) is 0 Å². The molecule has 0 saturated heterocycles. The van der Waals surface area contributed by atoms with Crippen LogP contribution in [-0.2, 0) is 19.1 Å². The van der Waals surface area contributed by atoms with E-state index in [0.29, 0.717) is 0 Å². The van der Waals surface area contributed by atoms with E-state index in [1.165, 1.54) is 6.92 Å². The number of halogens is 1. The molecular formula is C7H6INO4. The van der Waals surface area contributed by atoms with E-state index in [1.807, 2.05) is 0 Å². The molecule has 0 fully saturated rings. The van der Waals surface area contributed by atoms with Gasteiger partial charge in [0, 0.05) is 19.1 Å². The third-order valence-electron chi connectivity index (χ3n) is 1.31. The first kappa shape index (κ1) is 10.2. The van der Waals surface area contributed by atoms with Crippen molar-refractivity contribution in [1.29, 1.82) is 0 Å². The van der Waals surface area contributed by atoms with Gasteiger partial charge in [0.15, 0.2) is 0 Å². The summed E-state index contributed by atoms with van der Waals surface area (Å²) in [6, 6.07) is 0. The smallest absolute Gasteiger partial charge is 0.305 e. The van der Waals surface area contributed by atoms with Gasteiger partial charge in [0.2, 0.25) is 4.23 Å². The molecule has 2 amide bonds. The molecule has 0 aromatic heterocycles. The largest absolute Gasteiger partial charge is 0.432 e. The van der Waals surface area contributed by atoms with Gasteiger partial charge in [-0.3, -0.25) is 14.4 Å². The predicted octanol–water partition coefficient (Wildman–Crippen LogP) is 0.193. The maximum Gasteiger partial charge on any atom is 0.305 e. The minimum atomic E-state index is -0.870. The summed E-state index contributed by atoms with van der Waals surface area (Å²) in [5.41, 5.74) is 0. The molecule has 1 aliphatic rings. The molecule has 6 heteroatoms. The zero-order chi connectivity index (χ0) is 10.0. The number of alkyl halides is 1. The lowest BCUT2D eigenvalue weighted by molar-refractivity contribution is -0.154. The number of rotatable bonds is 2. The van der Waals surface area contributed by atoms with Crippen LogP contribution in [0.5, 0.6) is 0 Å². The lowest BCUT2D eigenvalue weighted by atomic mass is 10.6. The highest BCUT2D eigenvalue weighted by atomic mass is 127. The van der Waals surface area contributed by atoms with Crippen LogP contribution in [-0.4, -0.2) is 26.9 Å². The van der Waals surface area contributed by atoms with E-state index < -0.39 is 22.0 Å². The molecule has 0 aromatic carbocycles. The number of nitrogens with zero attached hydrogens (tertiary/aromatic N) is 1. The molecule has 1 unspecified atom stereocenters. The molecule has 0 aromatic rings. The van der Waals surface area contributed by atoms with Gasteiger partial charge in [-0.15, -0.1) is 0 Å². The Morgan fingerprint density at radius 3 is 2.31 bits per heavy atom. The molecule has 0 saturated carbocycles. The van der Waals surface area contributed by atoms with E-state index in [2.05, 4.69) is 4.74 Å². The van der Waals surface area contributed by atoms with Crippen molar-refractivity contribution >= 4 is 40.4 Å². The van der Waals surface area contributed by atoms with Crippen LogP contribution in [0.3, 0.4) is 0 Å². The molecule has 0 bridgehead atoms. The van der Waals surface area contributed by atoms with Gasteiger partial charge in [-0.1, -0.05) is 0 Å². The normalized spacial score (nSPS) is 17.8. The number of ether oxygens (including phenoxy) is 1. The molecule has 0 spiro atoms. The lowest BCUT2D eigenvalue weighted by Crippen LogP contribution is -2.38. The zero-order valence-corrected chi connectivity index (χ0v) is 8.85. The summed E-state index contributed by atoms with van der Waals surface area (Å²) >= 11 is 1.69. The number of carbonyl (C=O) groups excluding carboxylic acids is 3. The Morgan fingerprint density at radius 2 is 1.92 bits per heavy atom. The Bertz CT molecular complexity index is 281. The van der Waals surface area contributed by atoms with E-state index in [4.69, 9.17) is 0 Å². The lowest BCUT2D eigenvalue weighted by Gasteiger charge is -2.19. The van der Waals surface area contributed by atoms with Crippen LogP contribution in [0.15, 0.2) is 12.2 Å². The monoisotopic (exact) mass is 295 g/mol. The van der Waals surface area contributed by atoms with Crippen molar-refractivity contribution in [2.24, 2.45) is 0 Å². The third kappa shape index (κ3) is 2.27. The van der Waals surface area contributed by atoms with Gasteiger partial charge in [0.1, 0.15) is 0 Å². The second-order valence-electron chi connectivity index (χ2n) is 2.28. The summed E-state index contributed by atoms with van der Waals surface area (Å²) in [5.74, 6) is -1.47. The van der Waals surface area contributed by atoms with E-state index in [0.717, 1.165) is 17.1 Å². The highest BCUT2D eigenvalue weighted by Gasteiger charge is 2.31. The Balaban J connectivity index is 2.67. The van der Waals surface area contributed by atoms with Gasteiger partial charge in [-0.05, 0) is 22.6 Å². The van der Waals surface area contributed by atoms with Gasteiger partial charge in [0.25, 0.3) is 11.8 Å². The number of hydrogen-bond acceptors (Lipinski definition) is 4. The van der Waals surface area contributed by atoms with Gasteiger partial charge >= 0.3 is 5.97 Å². The summed E-state index contributed by atoms with van der Waals surface area (Å²) in [7, 11) is 0. The summed E-state index contributed by atoms with van der Waals surface area (Å²) < 4.78 is 3.80. The summed E-state index contributed by atoms with van der Waals surface area (Å²) in [4.78, 5) is 33.5. The summed E-state index contributed by atoms with van der Waals surface area (Å²) in [6.07, 6.45) is 2.27. The van der Waals surface area contributed by atoms with Crippen LogP contribution >= 0.6 is 22.6 Å². The van der Waals surface area contributed by atoms with E-state index in [-0.39, 0.29) is 0 Å². The fourth-order valence-corrected chi connectivity index (χ4v) is 1.71. The minimum absolute atomic E-state index is 0.467. The van der Waals surface area contributed by atoms with Crippen molar-refractivity contribution < 1.29 is 19.1 Å². The fourth-order valence-electron chi connectivity index (χ4n) is 0.802. The predicted molar refractivity (Wildman–Crippen MR) is 50.6 cm³/mol. The first-order valence-corrected chi connectivity index (χ1v) is 4.63. The molecule has 0 N–H and O–H groups in total. The van der Waals surface area contributed by atoms with Crippen molar-refractivity contribution in [3.63, 3.8) is 0 Å². The zero-order valence-electron chi connectivity index (χ0n) is 6.69. The molecule has 1 heterocycles.